The molecule has 0 spiro atoms. The van der Waals surface area contributed by atoms with Crippen LogP contribution < -0.4 is 5.32 Å². The largest absolute Gasteiger partial charge is 0.478 e. The summed E-state index contributed by atoms with van der Waals surface area (Å²) in [5.74, 6) is -2.15. The van der Waals surface area contributed by atoms with Crippen molar-refractivity contribution in [3.63, 3.8) is 0 Å². The van der Waals surface area contributed by atoms with Crippen LogP contribution in [-0.4, -0.2) is 46.0 Å². The molecule has 37 heavy (non-hydrogen) atoms. The third kappa shape index (κ3) is 5.49. The van der Waals surface area contributed by atoms with Gasteiger partial charge in [-0.2, -0.15) is 0 Å². The van der Waals surface area contributed by atoms with Gasteiger partial charge in [-0.15, -0.1) is 0 Å². The third-order valence-corrected chi connectivity index (χ3v) is 6.33. The Morgan fingerprint density at radius 1 is 0.946 bits per heavy atom. The summed E-state index contributed by atoms with van der Waals surface area (Å²) >= 11 is 0. The zero-order valence-corrected chi connectivity index (χ0v) is 20.0. The number of carboxylic acids is 1. The number of aromatic carboxylic acids is 1. The van der Waals surface area contributed by atoms with Crippen LogP contribution in [0.25, 0.3) is 10.9 Å². The monoisotopic (exact) mass is 495 g/mol. The lowest BCUT2D eigenvalue weighted by Gasteiger charge is -2.30. The van der Waals surface area contributed by atoms with E-state index in [4.69, 9.17) is 14.8 Å². The maximum absolute atomic E-state index is 13.4. The minimum Gasteiger partial charge on any atom is -0.478 e. The molecule has 3 aromatic carbocycles. The van der Waals surface area contributed by atoms with Gasteiger partial charge in [0.15, 0.2) is 6.61 Å². The molecule has 4 aromatic rings. The third-order valence-electron chi connectivity index (χ3n) is 6.33. The Morgan fingerprint density at radius 2 is 1.68 bits per heavy atom. The molecule has 8 nitrogen and oxygen atoms in total. The molecule has 0 bridgehead atoms. The molecule has 0 unspecified atom stereocenters. The van der Waals surface area contributed by atoms with E-state index in [9.17, 15) is 14.4 Å². The Morgan fingerprint density at radius 3 is 2.43 bits per heavy atom. The van der Waals surface area contributed by atoms with E-state index in [1.165, 1.54) is 29.8 Å². The summed E-state index contributed by atoms with van der Waals surface area (Å²) in [4.78, 5) is 43.9. The average Bonchev–Trinajstić information content (AvgIpc) is 2.91. The van der Waals surface area contributed by atoms with E-state index in [-0.39, 0.29) is 5.56 Å². The van der Waals surface area contributed by atoms with Crippen LogP contribution in [-0.2, 0) is 29.0 Å². The van der Waals surface area contributed by atoms with Crippen LogP contribution in [0.1, 0.15) is 37.5 Å². The zero-order valence-electron chi connectivity index (χ0n) is 20.0. The van der Waals surface area contributed by atoms with Gasteiger partial charge < -0.3 is 15.2 Å². The normalized spacial score (nSPS) is 13.1. The van der Waals surface area contributed by atoms with Gasteiger partial charge >= 0.3 is 11.9 Å². The fourth-order valence-corrected chi connectivity index (χ4v) is 4.55. The summed E-state index contributed by atoms with van der Waals surface area (Å²) in [6.07, 6.45) is 0.708. The van der Waals surface area contributed by atoms with E-state index in [1.807, 2.05) is 42.5 Å². The quantitative estimate of drug-likeness (QED) is 0.368. The van der Waals surface area contributed by atoms with Gasteiger partial charge in [-0.3, -0.25) is 14.7 Å². The number of anilines is 1. The number of carbonyl (C=O) groups excluding carboxylic acids is 2. The van der Waals surface area contributed by atoms with Crippen molar-refractivity contribution in [2.75, 3.05) is 18.5 Å². The second-order valence-corrected chi connectivity index (χ2v) is 8.88. The van der Waals surface area contributed by atoms with Crippen LogP contribution in [0.3, 0.4) is 0 Å². The SMILES string of the molecule is O=C(COC(=O)c1c2c(nc3ccccc13)CCN(Cc1ccccc1)C2)Nc1ccc(C(=O)O)cc1. The average molecular weight is 496 g/mol. The van der Waals surface area contributed by atoms with E-state index < -0.39 is 24.5 Å². The summed E-state index contributed by atoms with van der Waals surface area (Å²) in [6.45, 7) is 1.66. The number of nitrogens with one attached hydrogen (secondary N) is 1. The minimum absolute atomic E-state index is 0.111. The Balaban J connectivity index is 1.34. The first-order valence-electron chi connectivity index (χ1n) is 11.9. The summed E-state index contributed by atoms with van der Waals surface area (Å²) in [7, 11) is 0. The number of fused-ring (bicyclic) bond motifs is 2. The van der Waals surface area contributed by atoms with Gasteiger partial charge in [0.2, 0.25) is 0 Å². The Kier molecular flexibility index (Phi) is 6.91. The molecular formula is C29H25N3O5. The number of nitrogens with zero attached hydrogens (tertiary/aromatic N) is 2. The van der Waals surface area contributed by atoms with Gasteiger partial charge in [0.05, 0.1) is 16.6 Å². The van der Waals surface area contributed by atoms with Crippen LogP contribution in [0.15, 0.2) is 78.9 Å². The number of benzene rings is 3. The van der Waals surface area contributed by atoms with E-state index in [2.05, 4.69) is 22.3 Å². The van der Waals surface area contributed by atoms with Crippen LogP contribution in [0.4, 0.5) is 5.69 Å². The fourth-order valence-electron chi connectivity index (χ4n) is 4.55. The van der Waals surface area contributed by atoms with Crippen molar-refractivity contribution in [1.29, 1.82) is 0 Å². The lowest BCUT2D eigenvalue weighted by atomic mass is 9.95. The van der Waals surface area contributed by atoms with E-state index in [0.29, 0.717) is 35.1 Å². The molecule has 0 fully saturated rings. The Bertz CT molecular complexity index is 1470. The first-order valence-corrected chi connectivity index (χ1v) is 11.9. The van der Waals surface area contributed by atoms with E-state index in [1.54, 1.807) is 0 Å². The summed E-state index contributed by atoms with van der Waals surface area (Å²) in [6, 6.07) is 23.4. The second kappa shape index (κ2) is 10.6. The number of carbonyl (C=O) groups is 3. The number of carboxylic acid groups (broad SMARTS) is 1. The zero-order chi connectivity index (χ0) is 25.8. The molecule has 8 heteroatoms. The minimum atomic E-state index is -1.05. The van der Waals surface area contributed by atoms with Gasteiger partial charge in [-0.25, -0.2) is 9.59 Å². The first-order chi connectivity index (χ1) is 18.0. The lowest BCUT2D eigenvalue weighted by Crippen LogP contribution is -2.32. The number of hydrogen-bond donors (Lipinski definition) is 2. The van der Waals surface area contributed by atoms with Crippen molar-refractivity contribution in [2.45, 2.75) is 19.5 Å². The maximum Gasteiger partial charge on any atom is 0.339 e. The number of aromatic nitrogens is 1. The van der Waals surface area contributed by atoms with Crippen molar-refractivity contribution in [1.82, 2.24) is 9.88 Å². The molecule has 1 amide bonds. The van der Waals surface area contributed by atoms with Gasteiger partial charge in [0.25, 0.3) is 5.91 Å². The van der Waals surface area contributed by atoms with Crippen molar-refractivity contribution >= 4 is 34.4 Å². The highest BCUT2D eigenvalue weighted by molar-refractivity contribution is 6.06. The summed E-state index contributed by atoms with van der Waals surface area (Å²) in [5.41, 5.74) is 4.57. The highest BCUT2D eigenvalue weighted by atomic mass is 16.5. The second-order valence-electron chi connectivity index (χ2n) is 8.88. The predicted octanol–water partition coefficient (Wildman–Crippen LogP) is 4.29. The topological polar surface area (TPSA) is 109 Å². The molecule has 1 aliphatic heterocycles. The smallest absolute Gasteiger partial charge is 0.339 e. The van der Waals surface area contributed by atoms with Crippen molar-refractivity contribution in [2.24, 2.45) is 0 Å². The predicted molar refractivity (Wildman–Crippen MR) is 138 cm³/mol. The first kappa shape index (κ1) is 24.1. The molecule has 1 aromatic heterocycles. The highest BCUT2D eigenvalue weighted by Gasteiger charge is 2.27. The number of pyridine rings is 1. The number of hydrogen-bond acceptors (Lipinski definition) is 6. The van der Waals surface area contributed by atoms with E-state index in [0.717, 1.165) is 24.3 Å². The van der Waals surface area contributed by atoms with Gasteiger partial charge in [0.1, 0.15) is 0 Å². The molecule has 2 heterocycles. The Hall–Kier alpha value is -4.56. The van der Waals surface area contributed by atoms with Crippen LogP contribution in [0, 0.1) is 0 Å². The van der Waals surface area contributed by atoms with E-state index >= 15 is 0 Å². The van der Waals surface area contributed by atoms with Crippen LogP contribution in [0.2, 0.25) is 0 Å². The van der Waals surface area contributed by atoms with Crippen LogP contribution >= 0.6 is 0 Å². The maximum atomic E-state index is 13.4. The fraction of sp³-hybridized carbons (Fsp3) is 0.172. The number of rotatable bonds is 7. The molecule has 0 saturated heterocycles. The molecule has 0 radical (unpaired) electrons. The molecular weight excluding hydrogens is 470 g/mol. The lowest BCUT2D eigenvalue weighted by molar-refractivity contribution is -0.119. The molecule has 0 aliphatic carbocycles. The van der Waals surface area contributed by atoms with Gasteiger partial charge in [-0.1, -0.05) is 48.5 Å². The van der Waals surface area contributed by atoms with Crippen molar-refractivity contribution in [3.05, 3.63) is 107 Å². The molecule has 0 atom stereocenters. The number of amides is 1. The van der Waals surface area contributed by atoms with Gasteiger partial charge in [0, 0.05) is 48.4 Å². The highest BCUT2D eigenvalue weighted by Crippen LogP contribution is 2.29. The summed E-state index contributed by atoms with van der Waals surface area (Å²) < 4.78 is 5.46. The number of para-hydroxylation sites is 1. The molecule has 5 rings (SSSR count). The molecule has 2 N–H and O–H groups in total. The van der Waals surface area contributed by atoms with Crippen molar-refractivity contribution < 1.29 is 24.2 Å². The summed E-state index contributed by atoms with van der Waals surface area (Å²) in [5, 5.41) is 12.3. The number of ether oxygens (including phenoxy) is 1. The van der Waals surface area contributed by atoms with Crippen LogP contribution in [0.5, 0.6) is 0 Å². The van der Waals surface area contributed by atoms with Gasteiger partial charge in [-0.05, 0) is 35.9 Å². The molecule has 1 aliphatic rings. The van der Waals surface area contributed by atoms with Crippen molar-refractivity contribution in [3.8, 4) is 0 Å². The Labute approximate surface area is 213 Å². The molecule has 186 valence electrons. The number of esters is 1. The standard InChI is InChI=1S/C29H25N3O5/c33-26(30-21-12-10-20(11-13-21)28(34)35)18-37-29(36)27-22-8-4-5-9-24(22)31-25-14-15-32(17-23(25)27)16-19-6-2-1-3-7-19/h1-13H,14-18H2,(H,30,33)(H,34,35). The molecule has 0 saturated carbocycles.